The Kier molecular flexibility index (Phi) is 20.4. The van der Waals surface area contributed by atoms with E-state index in [-0.39, 0.29) is 0 Å². The Morgan fingerprint density at radius 1 is 0.154 bits per heavy atom. The maximum Gasteiger partial charge on any atom is 0.166 e. The highest BCUT2D eigenvalue weighted by molar-refractivity contribution is 7.26. The number of benzene rings is 18. The molecule has 0 saturated heterocycles. The van der Waals surface area contributed by atoms with Crippen molar-refractivity contribution in [3.05, 3.63) is 473 Å². The number of aromatic nitrogens is 10. The van der Waals surface area contributed by atoms with E-state index in [4.69, 9.17) is 39.9 Å². The molecule has 10 nitrogen and oxygen atoms in total. The number of rotatable bonds is 16. The topological polar surface area (TPSA) is 113 Å². The predicted molar refractivity (Wildman–Crippen MR) is 566 cm³/mol. The van der Waals surface area contributed by atoms with E-state index in [0.29, 0.717) is 34.9 Å². The molecule has 8 heterocycles. The number of nitrogens with zero attached hydrogens (tertiary/aromatic N) is 10. The molecular formula is C124H78N10S2. The molecule has 12 heteroatoms. The highest BCUT2D eigenvalue weighted by atomic mass is 32.1. The fourth-order valence-electron chi connectivity index (χ4n) is 19.3. The third-order valence-corrected chi connectivity index (χ3v) is 28.1. The second kappa shape index (κ2) is 34.6. The molecule has 0 aliphatic heterocycles. The number of hydrogen-bond acceptors (Lipinski definition) is 10. The molecule has 26 rings (SSSR count). The lowest BCUT2D eigenvalue weighted by Crippen LogP contribution is -2.02. The Hall–Kier alpha value is -17.7. The number of fused-ring (bicyclic) bond motifs is 12. The first-order chi connectivity index (χ1) is 67.4. The number of hydrogen-bond donors (Lipinski definition) is 0. The summed E-state index contributed by atoms with van der Waals surface area (Å²) in [5.41, 5.74) is 29.2. The standard InChI is InChI=1S/2C62H39N5S/c1-6-18-40(19-7-1)48-32-30-44(34-51(48)41-20-8-2-9-21-41)46-35-54(62-65-60(42-22-10-3-11-23-42)64-61(66-62)43-24-12-4-13-25-43)59(63-39-46)45-31-33-50-53-37-56-52(38-58(53)68-57(50)36-45)49-28-16-17-29-55(49)67(56)47-26-14-5-15-27-47;1-6-18-40(19-7-1)48-32-30-44(34-50(48)41-20-8-2-9-21-41)46-36-54(62-65-60(42-22-10-3-11-23-42)64-61(66-62)43-24-12-4-13-25-43)59(63-39-46)45-31-33-57-52(35-45)53-37-56-51(38-58(53)68-57)49-28-16-17-29-55(49)67(56)47-26-14-5-15-27-47/h2*1-39H. The highest BCUT2D eigenvalue weighted by Crippen LogP contribution is 2.48. The van der Waals surface area contributed by atoms with Gasteiger partial charge in [-0.3, -0.25) is 9.97 Å². The molecule has 0 aliphatic rings. The SMILES string of the molecule is c1ccc(-c2nc(-c3ccccc3)nc(-c3cc(-c4ccc(-c5ccccc5)c(-c5ccccc5)c4)cnc3-c3ccc4c(c3)sc3cc5c6ccccc6n(-c6ccccc6)c5cc34)n2)cc1.c1ccc(-c2nc(-c3ccccc3)nc(-c3cc(-c4ccc(-c5ccccc5)c(-c5ccccc5)c4)cnc3-c3ccc4sc5cc6c7ccccc7n(-c7ccccc7)c6cc5c4c3)n2)cc1. The second-order valence-corrected chi connectivity index (χ2v) is 36.2. The Balaban J connectivity index is 0.000000145. The van der Waals surface area contributed by atoms with E-state index in [9.17, 15) is 0 Å². The minimum Gasteiger partial charge on any atom is -0.309 e. The van der Waals surface area contributed by atoms with Crippen molar-refractivity contribution in [2.75, 3.05) is 0 Å². The van der Waals surface area contributed by atoms with Crippen molar-refractivity contribution in [1.29, 1.82) is 0 Å². The number of pyridine rings is 2. The molecule has 0 spiro atoms. The number of para-hydroxylation sites is 4. The third-order valence-electron chi connectivity index (χ3n) is 25.8. The second-order valence-electron chi connectivity index (χ2n) is 34.0. The first kappa shape index (κ1) is 80.4. The molecule has 0 radical (unpaired) electrons. The molecule has 0 aliphatic carbocycles. The van der Waals surface area contributed by atoms with Crippen LogP contribution in [0.5, 0.6) is 0 Å². The maximum absolute atomic E-state index is 5.39. The average molecular weight is 1770 g/mol. The summed E-state index contributed by atoms with van der Waals surface area (Å²) in [5.74, 6) is 3.50. The van der Waals surface area contributed by atoms with E-state index in [2.05, 4.69) is 349 Å². The molecule has 136 heavy (non-hydrogen) atoms. The Bertz CT molecular complexity index is 8920. The monoisotopic (exact) mass is 1770 g/mol. The van der Waals surface area contributed by atoms with E-state index in [1.807, 2.05) is 156 Å². The maximum atomic E-state index is 5.39. The van der Waals surface area contributed by atoms with Gasteiger partial charge in [0.05, 0.1) is 33.5 Å². The van der Waals surface area contributed by atoms with Crippen LogP contribution in [0.2, 0.25) is 0 Å². The smallest absolute Gasteiger partial charge is 0.166 e. The van der Waals surface area contributed by atoms with Crippen LogP contribution < -0.4 is 0 Å². The van der Waals surface area contributed by atoms with Crippen molar-refractivity contribution < 1.29 is 0 Å². The molecule has 18 aromatic carbocycles. The van der Waals surface area contributed by atoms with Crippen LogP contribution in [0.15, 0.2) is 473 Å². The lowest BCUT2D eigenvalue weighted by Gasteiger charge is -2.15. The largest absolute Gasteiger partial charge is 0.309 e. The van der Waals surface area contributed by atoms with Gasteiger partial charge in [-0.15, -0.1) is 22.7 Å². The van der Waals surface area contributed by atoms with Gasteiger partial charge in [-0.2, -0.15) is 0 Å². The minimum atomic E-state index is 0.551. The number of thiophene rings is 2. The van der Waals surface area contributed by atoms with E-state index in [0.717, 1.165) is 117 Å². The summed E-state index contributed by atoms with van der Waals surface area (Å²) >= 11 is 3.65. The van der Waals surface area contributed by atoms with E-state index < -0.39 is 0 Å². The zero-order valence-electron chi connectivity index (χ0n) is 73.3. The van der Waals surface area contributed by atoms with Crippen LogP contribution in [0.3, 0.4) is 0 Å². The van der Waals surface area contributed by atoms with Crippen LogP contribution in [0.25, 0.3) is 253 Å². The van der Waals surface area contributed by atoms with Crippen LogP contribution in [0.1, 0.15) is 0 Å². The average Bonchev–Trinajstić information content (AvgIpc) is 1.57. The molecular weight excluding hydrogens is 1690 g/mol. The molecule has 0 bridgehead atoms. The fourth-order valence-corrected chi connectivity index (χ4v) is 21.6. The zero-order valence-corrected chi connectivity index (χ0v) is 75.0. The first-order valence-corrected chi connectivity index (χ1v) is 47.2. The molecule has 0 amide bonds. The van der Waals surface area contributed by atoms with Crippen LogP contribution in [-0.4, -0.2) is 49.0 Å². The van der Waals surface area contributed by atoms with Gasteiger partial charge in [0.15, 0.2) is 34.9 Å². The van der Waals surface area contributed by atoms with Gasteiger partial charge in [-0.05, 0) is 159 Å². The molecule has 26 aromatic rings. The highest BCUT2D eigenvalue weighted by Gasteiger charge is 2.26. The van der Waals surface area contributed by atoms with Gasteiger partial charge in [-0.25, -0.2) is 29.9 Å². The molecule has 0 saturated carbocycles. The van der Waals surface area contributed by atoms with E-state index in [1.165, 1.54) is 101 Å². The normalized spacial score (nSPS) is 11.5. The predicted octanol–water partition coefficient (Wildman–Crippen LogP) is 32.8. The zero-order chi connectivity index (χ0) is 89.9. The van der Waals surface area contributed by atoms with Gasteiger partial charge in [0.25, 0.3) is 0 Å². The van der Waals surface area contributed by atoms with Crippen molar-refractivity contribution in [2.24, 2.45) is 0 Å². The fraction of sp³-hybridized carbons (Fsp3) is 0. The van der Waals surface area contributed by atoms with Crippen molar-refractivity contribution >= 4 is 107 Å². The summed E-state index contributed by atoms with van der Waals surface area (Å²) in [6.45, 7) is 0. The minimum absolute atomic E-state index is 0.551. The molecule has 636 valence electrons. The third kappa shape index (κ3) is 14.9. The molecule has 8 aromatic heterocycles. The van der Waals surface area contributed by atoms with Gasteiger partial charge in [-0.1, -0.05) is 358 Å². The van der Waals surface area contributed by atoms with Gasteiger partial charge >= 0.3 is 0 Å². The van der Waals surface area contributed by atoms with E-state index in [1.54, 1.807) is 0 Å². The molecule has 0 N–H and O–H groups in total. The summed E-state index contributed by atoms with van der Waals surface area (Å²) in [6.07, 6.45) is 4.00. The molecule has 0 fully saturated rings. The Morgan fingerprint density at radius 2 is 0.449 bits per heavy atom. The van der Waals surface area contributed by atoms with Crippen LogP contribution >= 0.6 is 22.7 Å². The van der Waals surface area contributed by atoms with Crippen molar-refractivity contribution in [3.63, 3.8) is 0 Å². The van der Waals surface area contributed by atoms with Crippen LogP contribution in [-0.2, 0) is 0 Å². The van der Waals surface area contributed by atoms with Gasteiger partial charge in [0, 0.05) is 141 Å². The Labute approximate surface area is 792 Å². The lowest BCUT2D eigenvalue weighted by atomic mass is 9.91. The van der Waals surface area contributed by atoms with Crippen LogP contribution in [0.4, 0.5) is 0 Å². The lowest BCUT2D eigenvalue weighted by molar-refractivity contribution is 1.07. The van der Waals surface area contributed by atoms with Gasteiger partial charge in [0.2, 0.25) is 0 Å². The summed E-state index contributed by atoms with van der Waals surface area (Å²) in [4.78, 5) is 41.9. The molecule has 0 atom stereocenters. The summed E-state index contributed by atoms with van der Waals surface area (Å²) in [5, 5.41) is 9.81. The Morgan fingerprint density at radius 3 is 0.846 bits per heavy atom. The van der Waals surface area contributed by atoms with Gasteiger partial charge in [0.1, 0.15) is 0 Å². The van der Waals surface area contributed by atoms with Crippen molar-refractivity contribution in [2.45, 2.75) is 0 Å². The summed E-state index contributed by atoms with van der Waals surface area (Å²) in [7, 11) is 0. The summed E-state index contributed by atoms with van der Waals surface area (Å²) in [6, 6.07) is 163. The van der Waals surface area contributed by atoms with Crippen LogP contribution in [0, 0.1) is 0 Å². The molecule has 0 unspecified atom stereocenters. The summed E-state index contributed by atoms with van der Waals surface area (Å²) < 4.78 is 9.67. The van der Waals surface area contributed by atoms with E-state index >= 15 is 0 Å². The quantitative estimate of drug-likeness (QED) is 0.0940. The first-order valence-electron chi connectivity index (χ1n) is 45.6. The van der Waals surface area contributed by atoms with Crippen molar-refractivity contribution in [3.8, 4) is 169 Å². The van der Waals surface area contributed by atoms with Crippen molar-refractivity contribution in [1.82, 2.24) is 49.0 Å². The van der Waals surface area contributed by atoms with Gasteiger partial charge < -0.3 is 9.13 Å².